The lowest BCUT2D eigenvalue weighted by molar-refractivity contribution is -0.285. The van der Waals surface area contributed by atoms with Crippen LogP contribution in [0.5, 0.6) is 0 Å². The van der Waals surface area contributed by atoms with Gasteiger partial charge >= 0.3 is 5.97 Å². The Kier molecular flexibility index (Phi) is 8.78. The Hall–Kier alpha value is -1.94. The molecule has 2 heterocycles. The lowest BCUT2D eigenvalue weighted by Crippen LogP contribution is -2.67. The summed E-state index contributed by atoms with van der Waals surface area (Å²) in [6.45, 7) is 2.15. The Morgan fingerprint density at radius 3 is 2.68 bits per heavy atom. The van der Waals surface area contributed by atoms with Gasteiger partial charge in [-0.3, -0.25) is 19.4 Å². The van der Waals surface area contributed by atoms with Crippen LogP contribution in [0.3, 0.4) is 0 Å². The zero-order valence-corrected chi connectivity index (χ0v) is 19.8. The summed E-state index contributed by atoms with van der Waals surface area (Å²) in [6, 6.07) is 0. The first-order valence-corrected chi connectivity index (χ1v) is 12.4. The molecule has 34 heavy (non-hydrogen) atoms. The number of aliphatic imine (C=N–C) groups is 1. The number of hydrogen-bond acceptors (Lipinski definition) is 8. The molecule has 2 bridgehead atoms. The quantitative estimate of drug-likeness (QED) is 0.231. The van der Waals surface area contributed by atoms with Crippen molar-refractivity contribution in [2.45, 2.75) is 102 Å². The molecule has 4 N–H and O–H groups in total. The first-order valence-electron chi connectivity index (χ1n) is 12.4. The van der Waals surface area contributed by atoms with Crippen LogP contribution >= 0.6 is 0 Å². The van der Waals surface area contributed by atoms with Crippen molar-refractivity contribution in [3.05, 3.63) is 12.2 Å². The smallest absolute Gasteiger partial charge is 0.303 e. The van der Waals surface area contributed by atoms with E-state index in [-0.39, 0.29) is 44.6 Å². The SMILES string of the molecule is CCC=CC[C@H]1[C@H](CC(=O)[C@H](O)CCCCCCC(=O)O)O[C@@]2(O)CC13C(=NC[C@H]3O)CC2=O. The van der Waals surface area contributed by atoms with Crippen molar-refractivity contribution in [3.63, 3.8) is 0 Å². The number of ketones is 2. The molecule has 2 fully saturated rings. The van der Waals surface area contributed by atoms with E-state index in [9.17, 15) is 29.7 Å². The maximum Gasteiger partial charge on any atom is 0.303 e. The molecule has 2 aliphatic heterocycles. The number of carboxylic acids is 1. The van der Waals surface area contributed by atoms with E-state index in [1.807, 2.05) is 19.1 Å². The van der Waals surface area contributed by atoms with Gasteiger partial charge in [-0.25, -0.2) is 0 Å². The van der Waals surface area contributed by atoms with Crippen LogP contribution in [0.4, 0.5) is 0 Å². The first kappa shape index (κ1) is 26.7. The van der Waals surface area contributed by atoms with Crippen LogP contribution in [0.15, 0.2) is 17.1 Å². The van der Waals surface area contributed by atoms with Gasteiger partial charge in [0.2, 0.25) is 5.79 Å². The number of carbonyl (C=O) groups excluding carboxylic acids is 2. The molecule has 1 aliphatic carbocycles. The Morgan fingerprint density at radius 1 is 1.24 bits per heavy atom. The van der Waals surface area contributed by atoms with Crippen molar-refractivity contribution in [1.82, 2.24) is 0 Å². The van der Waals surface area contributed by atoms with Crippen LogP contribution in [-0.2, 0) is 19.1 Å². The Morgan fingerprint density at radius 2 is 1.97 bits per heavy atom. The maximum atomic E-state index is 12.9. The fourth-order valence-corrected chi connectivity index (χ4v) is 5.71. The minimum atomic E-state index is -2.07. The number of hydrogen-bond donors (Lipinski definition) is 4. The molecule has 0 aromatic carbocycles. The molecule has 1 unspecified atom stereocenters. The minimum Gasteiger partial charge on any atom is -0.481 e. The fourth-order valence-electron chi connectivity index (χ4n) is 5.71. The summed E-state index contributed by atoms with van der Waals surface area (Å²) < 4.78 is 5.87. The average molecular weight is 480 g/mol. The van der Waals surface area contributed by atoms with Gasteiger partial charge in [0.15, 0.2) is 11.6 Å². The highest BCUT2D eigenvalue weighted by Crippen LogP contribution is 2.56. The minimum absolute atomic E-state index is 0.0763. The number of rotatable bonds is 13. The van der Waals surface area contributed by atoms with Gasteiger partial charge in [0.1, 0.15) is 6.10 Å². The molecular formula is C25H37NO8. The number of unbranched alkanes of at least 4 members (excludes halogenated alkanes) is 3. The summed E-state index contributed by atoms with van der Waals surface area (Å²) >= 11 is 0. The van der Waals surface area contributed by atoms with Crippen molar-refractivity contribution in [3.8, 4) is 0 Å². The molecule has 9 nitrogen and oxygen atoms in total. The number of allylic oxidation sites excluding steroid dienone is 2. The highest BCUT2D eigenvalue weighted by atomic mass is 16.6. The van der Waals surface area contributed by atoms with E-state index in [2.05, 4.69) is 4.99 Å². The number of Topliss-reactive ketones (excluding diaryl/α,β-unsaturated/α-hetero) is 2. The maximum absolute atomic E-state index is 12.9. The van der Waals surface area contributed by atoms with E-state index in [1.165, 1.54) is 0 Å². The van der Waals surface area contributed by atoms with Crippen molar-refractivity contribution in [1.29, 1.82) is 0 Å². The average Bonchev–Trinajstić information content (AvgIpc) is 3.07. The summed E-state index contributed by atoms with van der Waals surface area (Å²) in [5.41, 5.74) is -0.355. The lowest BCUT2D eigenvalue weighted by atomic mass is 9.56. The Bertz CT molecular complexity index is 839. The number of aliphatic hydroxyl groups excluding tert-OH is 2. The number of fused-ring (bicyclic) bond motifs is 1. The van der Waals surface area contributed by atoms with Crippen molar-refractivity contribution in [2.75, 3.05) is 6.54 Å². The highest BCUT2D eigenvalue weighted by molar-refractivity contribution is 6.11. The summed E-state index contributed by atoms with van der Waals surface area (Å²) in [7, 11) is 0. The molecule has 9 heteroatoms. The van der Waals surface area contributed by atoms with E-state index >= 15 is 0 Å². The second-order valence-corrected chi connectivity index (χ2v) is 9.82. The highest BCUT2D eigenvalue weighted by Gasteiger charge is 2.67. The normalized spacial score (nSPS) is 33.6. The van der Waals surface area contributed by atoms with Gasteiger partial charge in [-0.15, -0.1) is 0 Å². The van der Waals surface area contributed by atoms with Crippen LogP contribution < -0.4 is 0 Å². The predicted molar refractivity (Wildman–Crippen MR) is 123 cm³/mol. The topological polar surface area (TPSA) is 154 Å². The van der Waals surface area contributed by atoms with Gasteiger partial charge in [0.25, 0.3) is 0 Å². The van der Waals surface area contributed by atoms with E-state index in [1.54, 1.807) is 0 Å². The van der Waals surface area contributed by atoms with Crippen molar-refractivity contribution < 1.29 is 39.5 Å². The number of nitrogens with zero attached hydrogens (tertiary/aromatic N) is 1. The molecule has 1 spiro atoms. The molecular weight excluding hydrogens is 442 g/mol. The third kappa shape index (κ3) is 5.48. The Balaban J connectivity index is 1.70. The van der Waals surface area contributed by atoms with Crippen LogP contribution in [0.25, 0.3) is 0 Å². The van der Waals surface area contributed by atoms with Crippen LogP contribution in [0.2, 0.25) is 0 Å². The summed E-state index contributed by atoms with van der Waals surface area (Å²) in [5, 5.41) is 41.1. The van der Waals surface area contributed by atoms with E-state index in [0.29, 0.717) is 37.8 Å². The summed E-state index contributed by atoms with van der Waals surface area (Å²) in [4.78, 5) is 40.5. The van der Waals surface area contributed by atoms with Gasteiger partial charge in [0.05, 0.1) is 25.2 Å². The molecule has 0 aromatic heterocycles. The number of ether oxygens (including phenoxy) is 1. The third-order valence-corrected chi connectivity index (χ3v) is 7.52. The molecule has 1 saturated heterocycles. The predicted octanol–water partition coefficient (Wildman–Crippen LogP) is 1.96. The van der Waals surface area contributed by atoms with E-state index in [4.69, 9.17) is 9.84 Å². The number of carboxylic acid groups (broad SMARTS) is 1. The van der Waals surface area contributed by atoms with Crippen LogP contribution in [0, 0.1) is 11.3 Å². The molecule has 1 saturated carbocycles. The number of carbonyl (C=O) groups is 3. The molecule has 6 atom stereocenters. The standard InChI is InChI=1S/C25H37NO8/c1-2-3-6-9-16-19(12-18(28)17(27)10-7-4-5-8-11-23(31)32)34-25(33)15-24(16)20(13-21(25)29)26-14-22(24)30/h3,6,16-17,19,22,27,30,33H,2,4-5,7-15H2,1H3,(H,31,32)/t16-,17+,19-,22+,24?,25-/m0/s1. The second-order valence-electron chi connectivity index (χ2n) is 9.82. The first-order chi connectivity index (χ1) is 16.1. The van der Waals surface area contributed by atoms with Gasteiger partial charge in [-0.05, 0) is 25.7 Å². The van der Waals surface area contributed by atoms with E-state index in [0.717, 1.165) is 6.42 Å². The zero-order valence-electron chi connectivity index (χ0n) is 19.8. The van der Waals surface area contributed by atoms with Crippen molar-refractivity contribution >= 4 is 23.2 Å². The molecule has 3 rings (SSSR count). The molecule has 0 amide bonds. The van der Waals surface area contributed by atoms with Gasteiger partial charge < -0.3 is 25.2 Å². The van der Waals surface area contributed by atoms with Gasteiger partial charge in [0, 0.05) is 36.3 Å². The molecule has 0 radical (unpaired) electrons. The lowest BCUT2D eigenvalue weighted by Gasteiger charge is -2.55. The fraction of sp³-hybridized carbons (Fsp3) is 0.760. The number of aliphatic carboxylic acids is 1. The van der Waals surface area contributed by atoms with Crippen molar-refractivity contribution in [2.24, 2.45) is 16.3 Å². The number of aliphatic hydroxyl groups is 3. The van der Waals surface area contributed by atoms with Gasteiger partial charge in [-0.1, -0.05) is 38.3 Å². The van der Waals surface area contributed by atoms with E-state index < -0.39 is 47.0 Å². The summed E-state index contributed by atoms with van der Waals surface area (Å²) in [6.07, 6.45) is 4.94. The van der Waals surface area contributed by atoms with Gasteiger partial charge in [-0.2, -0.15) is 0 Å². The third-order valence-electron chi connectivity index (χ3n) is 7.52. The van der Waals surface area contributed by atoms with Crippen LogP contribution in [0.1, 0.15) is 77.6 Å². The molecule has 0 aromatic rings. The molecule has 190 valence electrons. The largest absolute Gasteiger partial charge is 0.481 e. The van der Waals surface area contributed by atoms with Crippen LogP contribution in [-0.4, -0.2) is 74.3 Å². The zero-order chi connectivity index (χ0) is 24.9. The Labute approximate surface area is 199 Å². The molecule has 3 aliphatic rings. The summed E-state index contributed by atoms with van der Waals surface area (Å²) in [5.74, 6) is -4.23. The monoisotopic (exact) mass is 479 g/mol. The second kappa shape index (κ2) is 11.2.